The Morgan fingerprint density at radius 1 is 1.30 bits per heavy atom. The molecule has 0 atom stereocenters. The average Bonchev–Trinajstić information content (AvgIpc) is 2.32. The van der Waals surface area contributed by atoms with E-state index >= 15 is 0 Å². The van der Waals surface area contributed by atoms with Crippen LogP contribution >= 0.6 is 0 Å². The second kappa shape index (κ2) is 3.00. The third-order valence-electron chi connectivity index (χ3n) is 2.21. The quantitative estimate of drug-likeness (QED) is 0.552. The van der Waals surface area contributed by atoms with Crippen LogP contribution in [0.5, 0.6) is 0 Å². The molecule has 0 saturated carbocycles. The highest BCUT2D eigenvalue weighted by Gasteiger charge is 2.44. The highest BCUT2D eigenvalue weighted by molar-refractivity contribution is 6.65. The Hall–Kier alpha value is 0.0969. The van der Waals surface area contributed by atoms with Gasteiger partial charge in [0, 0.05) is 20.3 Å². The van der Waals surface area contributed by atoms with Gasteiger partial charge in [-0.05, 0) is 20.0 Å². The summed E-state index contributed by atoms with van der Waals surface area (Å²) in [5.41, 5.74) is 0. The van der Waals surface area contributed by atoms with Gasteiger partial charge >= 0.3 is 8.72 Å². The largest absolute Gasteiger partial charge is 0.427 e. The summed E-state index contributed by atoms with van der Waals surface area (Å²) in [4.78, 5) is 0. The molecule has 0 unspecified atom stereocenters. The fourth-order valence-electron chi connectivity index (χ4n) is 1.50. The molecule has 1 aliphatic heterocycles. The summed E-state index contributed by atoms with van der Waals surface area (Å²) in [7, 11) is 3.72. The minimum absolute atomic E-state index is 1.11. The smallest absolute Gasteiger partial charge is 0.386 e. The summed E-state index contributed by atoms with van der Waals surface area (Å²) in [6.07, 6.45) is 1.21. The van der Waals surface area contributed by atoms with Crippen LogP contribution in [0.25, 0.3) is 0 Å². The topological polar surface area (TPSA) is 21.7 Å². The van der Waals surface area contributed by atoms with E-state index in [2.05, 4.69) is 11.6 Å². The molecule has 0 radical (unpaired) electrons. The van der Waals surface area contributed by atoms with Gasteiger partial charge in [-0.3, -0.25) is 4.57 Å². The molecule has 1 rings (SSSR count). The van der Waals surface area contributed by atoms with Crippen LogP contribution in [-0.4, -0.2) is 41.1 Å². The van der Waals surface area contributed by atoms with Gasteiger partial charge in [-0.15, -0.1) is 0 Å². The zero-order valence-electron chi connectivity index (χ0n) is 6.89. The molecule has 1 aliphatic rings. The van der Waals surface area contributed by atoms with Crippen molar-refractivity contribution in [2.24, 2.45) is 0 Å². The molecule has 1 fully saturated rings. The van der Waals surface area contributed by atoms with E-state index in [9.17, 15) is 0 Å². The van der Waals surface area contributed by atoms with Crippen molar-refractivity contribution in [1.29, 1.82) is 0 Å². The summed E-state index contributed by atoms with van der Waals surface area (Å²) in [5, 5.41) is 0. The van der Waals surface area contributed by atoms with E-state index in [4.69, 9.17) is 8.85 Å². The zero-order chi connectivity index (χ0) is 7.61. The molecular formula is C6H15NO2Si. The van der Waals surface area contributed by atoms with Gasteiger partial charge in [0.1, 0.15) is 0 Å². The zero-order valence-corrected chi connectivity index (χ0v) is 7.89. The normalized spacial score (nSPS) is 25.5. The van der Waals surface area contributed by atoms with Crippen molar-refractivity contribution in [1.82, 2.24) is 4.57 Å². The summed E-state index contributed by atoms with van der Waals surface area (Å²) in [5.74, 6) is 0. The maximum atomic E-state index is 5.40. The second-order valence-corrected chi connectivity index (χ2v) is 6.15. The summed E-state index contributed by atoms with van der Waals surface area (Å²) >= 11 is 0. The summed E-state index contributed by atoms with van der Waals surface area (Å²) in [6, 6.07) is 1.11. The predicted octanol–water partition coefficient (Wildman–Crippen LogP) is 0.554. The van der Waals surface area contributed by atoms with Crippen molar-refractivity contribution in [3.63, 3.8) is 0 Å². The van der Waals surface area contributed by atoms with Gasteiger partial charge in [0.15, 0.2) is 0 Å². The van der Waals surface area contributed by atoms with Gasteiger partial charge in [-0.2, -0.15) is 0 Å². The molecule has 60 valence electrons. The molecule has 0 N–H and O–H groups in total. The van der Waals surface area contributed by atoms with E-state index in [1.54, 1.807) is 14.2 Å². The van der Waals surface area contributed by atoms with Gasteiger partial charge in [0.25, 0.3) is 0 Å². The van der Waals surface area contributed by atoms with Gasteiger partial charge in [0.05, 0.1) is 0 Å². The van der Waals surface area contributed by atoms with Crippen molar-refractivity contribution in [3.8, 4) is 0 Å². The molecule has 0 aliphatic carbocycles. The van der Waals surface area contributed by atoms with Crippen LogP contribution in [0.15, 0.2) is 0 Å². The van der Waals surface area contributed by atoms with Crippen LogP contribution in [0.2, 0.25) is 6.04 Å². The minimum Gasteiger partial charge on any atom is -0.386 e. The first-order chi connectivity index (χ1) is 4.75. The number of rotatable bonds is 2. The third-order valence-corrected chi connectivity index (χ3v) is 5.85. The van der Waals surface area contributed by atoms with E-state index in [0.29, 0.717) is 0 Å². The minimum atomic E-state index is -1.85. The predicted molar refractivity (Wildman–Crippen MR) is 41.8 cm³/mol. The molecule has 10 heavy (non-hydrogen) atoms. The van der Waals surface area contributed by atoms with Crippen LogP contribution in [-0.2, 0) is 8.85 Å². The fraction of sp³-hybridized carbons (Fsp3) is 1.00. The lowest BCUT2D eigenvalue weighted by atomic mass is 10.5. The molecular weight excluding hydrogens is 146 g/mol. The Bertz CT molecular complexity index is 116. The Kier molecular flexibility index (Phi) is 2.46. The van der Waals surface area contributed by atoms with E-state index in [-0.39, 0.29) is 0 Å². The molecule has 3 nitrogen and oxygen atoms in total. The first kappa shape index (κ1) is 8.20. The van der Waals surface area contributed by atoms with Gasteiger partial charge < -0.3 is 8.85 Å². The molecule has 0 amide bonds. The first-order valence-electron chi connectivity index (χ1n) is 3.57. The first-order valence-corrected chi connectivity index (χ1v) is 5.54. The summed E-state index contributed by atoms with van der Waals surface area (Å²) < 4.78 is 13.0. The fourth-order valence-corrected chi connectivity index (χ4v) is 4.18. The highest BCUT2D eigenvalue weighted by atomic mass is 28.4. The average molecular weight is 161 g/mol. The lowest BCUT2D eigenvalue weighted by molar-refractivity contribution is 0.195. The van der Waals surface area contributed by atoms with E-state index < -0.39 is 8.72 Å². The lowest BCUT2D eigenvalue weighted by Gasteiger charge is -2.28. The third kappa shape index (κ3) is 1.12. The van der Waals surface area contributed by atoms with Crippen molar-refractivity contribution in [3.05, 3.63) is 0 Å². The van der Waals surface area contributed by atoms with Crippen LogP contribution < -0.4 is 0 Å². The highest BCUT2D eigenvalue weighted by Crippen LogP contribution is 2.24. The van der Waals surface area contributed by atoms with E-state index in [0.717, 1.165) is 12.6 Å². The molecule has 0 aromatic carbocycles. The van der Waals surface area contributed by atoms with E-state index in [1.807, 2.05) is 0 Å². The lowest BCUT2D eigenvalue weighted by Crippen LogP contribution is -2.50. The summed E-state index contributed by atoms with van der Waals surface area (Å²) in [6.45, 7) is 1.12. The Balaban J connectivity index is 2.61. The number of hydrogen-bond donors (Lipinski definition) is 0. The van der Waals surface area contributed by atoms with Crippen LogP contribution in [0.1, 0.15) is 6.42 Å². The second-order valence-electron chi connectivity index (χ2n) is 2.65. The van der Waals surface area contributed by atoms with E-state index in [1.165, 1.54) is 6.42 Å². The van der Waals surface area contributed by atoms with Crippen molar-refractivity contribution >= 4 is 8.72 Å². The van der Waals surface area contributed by atoms with Crippen LogP contribution in [0, 0.1) is 0 Å². The van der Waals surface area contributed by atoms with Crippen LogP contribution in [0.4, 0.5) is 0 Å². The number of hydrogen-bond acceptors (Lipinski definition) is 3. The maximum absolute atomic E-state index is 5.40. The molecule has 0 aromatic rings. The SMILES string of the molecule is CO[Si]1(OC)CCCN1C. The Morgan fingerprint density at radius 2 is 1.90 bits per heavy atom. The number of nitrogens with zero attached hydrogens (tertiary/aromatic N) is 1. The van der Waals surface area contributed by atoms with Crippen LogP contribution in [0.3, 0.4) is 0 Å². The molecule has 0 bridgehead atoms. The van der Waals surface area contributed by atoms with Gasteiger partial charge in [-0.1, -0.05) is 0 Å². The molecule has 4 heteroatoms. The Morgan fingerprint density at radius 3 is 2.10 bits per heavy atom. The van der Waals surface area contributed by atoms with Crippen molar-refractivity contribution in [2.75, 3.05) is 27.8 Å². The Labute approximate surface area is 63.3 Å². The molecule has 0 aromatic heterocycles. The monoisotopic (exact) mass is 161 g/mol. The van der Waals surface area contributed by atoms with Gasteiger partial charge in [-0.25, -0.2) is 0 Å². The van der Waals surface area contributed by atoms with Gasteiger partial charge in [0.2, 0.25) is 0 Å². The van der Waals surface area contributed by atoms with Crippen molar-refractivity contribution < 1.29 is 8.85 Å². The van der Waals surface area contributed by atoms with Crippen molar-refractivity contribution in [2.45, 2.75) is 12.5 Å². The molecule has 0 spiro atoms. The standard InChI is InChI=1S/C6H15NO2Si/c1-7-5-4-6-10(7,8-2)9-3/h4-6H2,1-3H3. The molecule has 1 saturated heterocycles. The maximum Gasteiger partial charge on any atom is 0.427 e. The molecule has 1 heterocycles.